The van der Waals surface area contributed by atoms with Crippen molar-refractivity contribution in [3.63, 3.8) is 0 Å². The summed E-state index contributed by atoms with van der Waals surface area (Å²) in [6.07, 6.45) is 2.47. The van der Waals surface area contributed by atoms with Gasteiger partial charge in [-0.3, -0.25) is 4.79 Å². The molecule has 0 aliphatic heterocycles. The van der Waals surface area contributed by atoms with E-state index in [0.29, 0.717) is 6.42 Å². The third kappa shape index (κ3) is 2.22. The molecule has 0 radical (unpaired) electrons. The zero-order valence-electron chi connectivity index (χ0n) is 8.54. The lowest BCUT2D eigenvalue weighted by atomic mass is 10.0. The predicted molar refractivity (Wildman–Crippen MR) is 56.9 cm³/mol. The van der Waals surface area contributed by atoms with Crippen LogP contribution in [0.3, 0.4) is 0 Å². The summed E-state index contributed by atoms with van der Waals surface area (Å²) in [6, 6.07) is 5.46. The Morgan fingerprint density at radius 1 is 1.57 bits per heavy atom. The van der Waals surface area contributed by atoms with Gasteiger partial charge in [-0.05, 0) is 37.1 Å². The molecule has 2 nitrogen and oxygen atoms in total. The van der Waals surface area contributed by atoms with Gasteiger partial charge in [0.05, 0.1) is 7.11 Å². The minimum Gasteiger partial charge on any atom is -0.497 e. The summed E-state index contributed by atoms with van der Waals surface area (Å²) in [5.74, 6) is 0.844. The molecule has 0 aliphatic carbocycles. The second-order valence-electron chi connectivity index (χ2n) is 3.07. The zero-order valence-corrected chi connectivity index (χ0v) is 8.54. The summed E-state index contributed by atoms with van der Waals surface area (Å²) >= 11 is 0. The van der Waals surface area contributed by atoms with Crippen molar-refractivity contribution in [2.24, 2.45) is 0 Å². The summed E-state index contributed by atoms with van der Waals surface area (Å²) in [7, 11) is 1.61. The second-order valence-corrected chi connectivity index (χ2v) is 3.07. The number of Topliss-reactive ketones (excluding diaryl/α,β-unsaturated/α-hetero) is 1. The molecule has 0 saturated carbocycles. The summed E-state index contributed by atoms with van der Waals surface area (Å²) < 4.78 is 5.09. The molecule has 1 aromatic rings. The molecular formula is C12H14O2. The van der Waals surface area contributed by atoms with Crippen LogP contribution in [-0.4, -0.2) is 12.9 Å². The zero-order chi connectivity index (χ0) is 10.6. The van der Waals surface area contributed by atoms with Crippen molar-refractivity contribution < 1.29 is 9.53 Å². The lowest BCUT2D eigenvalue weighted by molar-refractivity contribution is 0.101. The average Bonchev–Trinajstić information content (AvgIpc) is 2.17. The van der Waals surface area contributed by atoms with Crippen molar-refractivity contribution in [2.75, 3.05) is 7.11 Å². The van der Waals surface area contributed by atoms with Crippen LogP contribution in [0.4, 0.5) is 0 Å². The Labute approximate surface area is 84.2 Å². The minimum atomic E-state index is 0.0736. The van der Waals surface area contributed by atoms with Crippen molar-refractivity contribution in [2.45, 2.75) is 13.3 Å². The van der Waals surface area contributed by atoms with Gasteiger partial charge in [-0.1, -0.05) is 6.08 Å². The first kappa shape index (κ1) is 10.5. The molecule has 0 bridgehead atoms. The van der Waals surface area contributed by atoms with Crippen molar-refractivity contribution in [1.82, 2.24) is 0 Å². The lowest BCUT2D eigenvalue weighted by Crippen LogP contribution is -1.99. The quantitative estimate of drug-likeness (QED) is 0.539. The van der Waals surface area contributed by atoms with E-state index in [4.69, 9.17) is 4.74 Å². The van der Waals surface area contributed by atoms with Gasteiger partial charge in [0.15, 0.2) is 5.78 Å². The van der Waals surface area contributed by atoms with Crippen LogP contribution >= 0.6 is 0 Å². The molecule has 1 rings (SSSR count). The fraction of sp³-hybridized carbons (Fsp3) is 0.250. The van der Waals surface area contributed by atoms with Crippen LogP contribution in [0.25, 0.3) is 0 Å². The SMILES string of the molecule is C=CCc1cc(OC)ccc1C(C)=O. The van der Waals surface area contributed by atoms with Crippen LogP contribution in [0.5, 0.6) is 5.75 Å². The van der Waals surface area contributed by atoms with Gasteiger partial charge in [-0.2, -0.15) is 0 Å². The standard InChI is InChI=1S/C12H14O2/c1-4-5-10-8-11(14-3)6-7-12(10)9(2)13/h4,6-8H,1,5H2,2-3H3. The molecule has 0 unspecified atom stereocenters. The number of allylic oxidation sites excluding steroid dienone is 1. The fourth-order valence-corrected chi connectivity index (χ4v) is 1.36. The molecule has 0 amide bonds. The number of rotatable bonds is 4. The van der Waals surface area contributed by atoms with E-state index >= 15 is 0 Å². The number of ketones is 1. The minimum absolute atomic E-state index is 0.0736. The van der Waals surface area contributed by atoms with Crippen molar-refractivity contribution in [3.05, 3.63) is 42.0 Å². The fourth-order valence-electron chi connectivity index (χ4n) is 1.36. The van der Waals surface area contributed by atoms with Crippen LogP contribution < -0.4 is 4.74 Å². The van der Waals surface area contributed by atoms with Gasteiger partial charge in [0.2, 0.25) is 0 Å². The molecule has 74 valence electrons. The molecule has 0 spiro atoms. The Hall–Kier alpha value is -1.57. The number of methoxy groups -OCH3 is 1. The van der Waals surface area contributed by atoms with E-state index in [1.54, 1.807) is 32.2 Å². The Morgan fingerprint density at radius 2 is 2.29 bits per heavy atom. The van der Waals surface area contributed by atoms with Gasteiger partial charge in [-0.25, -0.2) is 0 Å². The Balaban J connectivity index is 3.16. The van der Waals surface area contributed by atoms with E-state index in [1.807, 2.05) is 6.07 Å². The number of hydrogen-bond acceptors (Lipinski definition) is 2. The van der Waals surface area contributed by atoms with E-state index in [0.717, 1.165) is 16.9 Å². The molecule has 0 fully saturated rings. The monoisotopic (exact) mass is 190 g/mol. The molecule has 0 atom stereocenters. The number of ether oxygens (including phenoxy) is 1. The summed E-state index contributed by atoms with van der Waals surface area (Å²) in [5.41, 5.74) is 1.71. The molecule has 0 aliphatic rings. The Bertz CT molecular complexity index is 353. The van der Waals surface area contributed by atoms with Crippen LogP contribution in [0.1, 0.15) is 22.8 Å². The first-order valence-electron chi connectivity index (χ1n) is 4.47. The van der Waals surface area contributed by atoms with E-state index in [9.17, 15) is 4.79 Å². The topological polar surface area (TPSA) is 26.3 Å². The smallest absolute Gasteiger partial charge is 0.160 e. The lowest BCUT2D eigenvalue weighted by Gasteiger charge is -2.07. The maximum Gasteiger partial charge on any atom is 0.160 e. The number of benzene rings is 1. The highest BCUT2D eigenvalue weighted by Gasteiger charge is 2.06. The highest BCUT2D eigenvalue weighted by molar-refractivity contribution is 5.95. The molecule has 0 aromatic heterocycles. The predicted octanol–water partition coefficient (Wildman–Crippen LogP) is 2.63. The normalized spacial score (nSPS) is 9.57. The van der Waals surface area contributed by atoms with E-state index in [-0.39, 0.29) is 5.78 Å². The third-order valence-corrected chi connectivity index (χ3v) is 2.06. The van der Waals surface area contributed by atoms with E-state index in [2.05, 4.69) is 6.58 Å². The Morgan fingerprint density at radius 3 is 2.79 bits per heavy atom. The van der Waals surface area contributed by atoms with Gasteiger partial charge in [0.25, 0.3) is 0 Å². The van der Waals surface area contributed by atoms with Crippen LogP contribution in [-0.2, 0) is 6.42 Å². The van der Waals surface area contributed by atoms with Gasteiger partial charge >= 0.3 is 0 Å². The first-order chi connectivity index (χ1) is 6.69. The van der Waals surface area contributed by atoms with E-state index < -0.39 is 0 Å². The summed E-state index contributed by atoms with van der Waals surface area (Å²) in [6.45, 7) is 5.22. The highest BCUT2D eigenvalue weighted by Crippen LogP contribution is 2.18. The van der Waals surface area contributed by atoms with Crippen LogP contribution in [0, 0.1) is 0 Å². The van der Waals surface area contributed by atoms with Gasteiger partial charge in [0.1, 0.15) is 5.75 Å². The van der Waals surface area contributed by atoms with Gasteiger partial charge in [0, 0.05) is 5.56 Å². The highest BCUT2D eigenvalue weighted by atomic mass is 16.5. The summed E-state index contributed by atoms with van der Waals surface area (Å²) in [4.78, 5) is 11.3. The molecule has 0 N–H and O–H groups in total. The third-order valence-electron chi connectivity index (χ3n) is 2.06. The molecule has 2 heteroatoms. The maximum atomic E-state index is 11.3. The Kier molecular flexibility index (Phi) is 3.46. The number of carbonyl (C=O) groups excluding carboxylic acids is 1. The molecule has 1 aromatic carbocycles. The summed E-state index contributed by atoms with van der Waals surface area (Å²) in [5, 5.41) is 0. The van der Waals surface area contributed by atoms with Crippen molar-refractivity contribution in [1.29, 1.82) is 0 Å². The molecular weight excluding hydrogens is 176 g/mol. The van der Waals surface area contributed by atoms with Gasteiger partial charge in [-0.15, -0.1) is 6.58 Å². The second kappa shape index (κ2) is 4.61. The average molecular weight is 190 g/mol. The molecule has 0 heterocycles. The van der Waals surface area contributed by atoms with Crippen molar-refractivity contribution >= 4 is 5.78 Å². The van der Waals surface area contributed by atoms with Crippen LogP contribution in [0.2, 0.25) is 0 Å². The molecule has 14 heavy (non-hydrogen) atoms. The first-order valence-corrected chi connectivity index (χ1v) is 4.47. The number of carbonyl (C=O) groups is 1. The number of hydrogen-bond donors (Lipinski definition) is 0. The maximum absolute atomic E-state index is 11.3. The van der Waals surface area contributed by atoms with Gasteiger partial charge < -0.3 is 4.74 Å². The van der Waals surface area contributed by atoms with Crippen LogP contribution in [0.15, 0.2) is 30.9 Å². The molecule has 0 saturated heterocycles. The van der Waals surface area contributed by atoms with E-state index in [1.165, 1.54) is 0 Å². The van der Waals surface area contributed by atoms with Crippen molar-refractivity contribution in [3.8, 4) is 5.75 Å². The largest absolute Gasteiger partial charge is 0.497 e.